The van der Waals surface area contributed by atoms with E-state index in [0.717, 1.165) is 30.6 Å². The largest absolute Gasteiger partial charge is 0.337 e. The van der Waals surface area contributed by atoms with E-state index in [0.29, 0.717) is 24.3 Å². The van der Waals surface area contributed by atoms with Crippen molar-refractivity contribution in [3.05, 3.63) is 59.2 Å². The van der Waals surface area contributed by atoms with Crippen molar-refractivity contribution < 1.29 is 13.2 Å². The monoisotopic (exact) mass is 387 g/mol. The lowest BCUT2D eigenvalue weighted by Gasteiger charge is -2.21. The maximum atomic E-state index is 12.9. The van der Waals surface area contributed by atoms with Crippen LogP contribution in [-0.4, -0.2) is 45.4 Å². The van der Waals surface area contributed by atoms with Gasteiger partial charge in [-0.25, -0.2) is 8.42 Å². The number of hydrogen-bond acceptors (Lipinski definition) is 4. The first-order chi connectivity index (χ1) is 12.9. The SMILES string of the molecule is Cc1ccc(NS(=O)(=O)c2ccc(C)c(C(=O)N3CCCNCC3)c2)cc1. The van der Waals surface area contributed by atoms with Crippen LogP contribution in [0.25, 0.3) is 0 Å². The van der Waals surface area contributed by atoms with Crippen molar-refractivity contribution in [2.45, 2.75) is 25.2 Å². The quantitative estimate of drug-likeness (QED) is 0.845. The van der Waals surface area contributed by atoms with Crippen LogP contribution in [0.1, 0.15) is 27.9 Å². The second-order valence-electron chi connectivity index (χ2n) is 6.84. The zero-order valence-electron chi connectivity index (χ0n) is 15.7. The van der Waals surface area contributed by atoms with Gasteiger partial charge >= 0.3 is 0 Å². The van der Waals surface area contributed by atoms with E-state index in [2.05, 4.69) is 10.0 Å². The van der Waals surface area contributed by atoms with Crippen LogP contribution < -0.4 is 10.0 Å². The van der Waals surface area contributed by atoms with Crippen molar-refractivity contribution in [2.75, 3.05) is 30.9 Å². The number of nitrogens with zero attached hydrogens (tertiary/aromatic N) is 1. The normalized spacial score (nSPS) is 15.3. The molecule has 27 heavy (non-hydrogen) atoms. The zero-order chi connectivity index (χ0) is 19.4. The van der Waals surface area contributed by atoms with Crippen molar-refractivity contribution in [2.24, 2.45) is 0 Å². The molecular weight excluding hydrogens is 362 g/mol. The molecule has 1 saturated heterocycles. The Morgan fingerprint density at radius 1 is 1.04 bits per heavy atom. The second kappa shape index (κ2) is 8.10. The van der Waals surface area contributed by atoms with Gasteiger partial charge in [0.15, 0.2) is 0 Å². The molecule has 144 valence electrons. The van der Waals surface area contributed by atoms with Crippen LogP contribution in [0.15, 0.2) is 47.4 Å². The molecule has 1 heterocycles. The van der Waals surface area contributed by atoms with E-state index in [4.69, 9.17) is 0 Å². The molecule has 0 atom stereocenters. The second-order valence-corrected chi connectivity index (χ2v) is 8.53. The van der Waals surface area contributed by atoms with Gasteiger partial charge in [0.25, 0.3) is 15.9 Å². The number of nitrogens with one attached hydrogen (secondary N) is 2. The van der Waals surface area contributed by atoms with Crippen LogP contribution in [0.2, 0.25) is 0 Å². The fraction of sp³-hybridized carbons (Fsp3) is 0.350. The number of rotatable bonds is 4. The van der Waals surface area contributed by atoms with Crippen molar-refractivity contribution in [1.82, 2.24) is 10.2 Å². The summed E-state index contributed by atoms with van der Waals surface area (Å²) < 4.78 is 28.1. The fourth-order valence-electron chi connectivity index (χ4n) is 3.05. The molecule has 1 fully saturated rings. The summed E-state index contributed by atoms with van der Waals surface area (Å²) in [5, 5.41) is 3.27. The van der Waals surface area contributed by atoms with E-state index in [1.807, 2.05) is 26.0 Å². The summed E-state index contributed by atoms with van der Waals surface area (Å²) in [6.07, 6.45) is 0.887. The van der Waals surface area contributed by atoms with Crippen LogP contribution in [-0.2, 0) is 10.0 Å². The highest BCUT2D eigenvalue weighted by Gasteiger charge is 2.22. The Bertz CT molecular complexity index is 916. The minimum Gasteiger partial charge on any atom is -0.337 e. The summed E-state index contributed by atoms with van der Waals surface area (Å²) >= 11 is 0. The average molecular weight is 388 g/mol. The molecule has 1 aliphatic heterocycles. The molecule has 2 aromatic rings. The molecule has 0 aromatic heterocycles. The minimum absolute atomic E-state index is 0.0879. The molecule has 6 nitrogen and oxygen atoms in total. The van der Waals surface area contributed by atoms with Crippen LogP contribution in [0.5, 0.6) is 0 Å². The number of carbonyl (C=O) groups excluding carboxylic acids is 1. The molecule has 1 aliphatic rings. The third-order valence-electron chi connectivity index (χ3n) is 4.68. The maximum Gasteiger partial charge on any atom is 0.261 e. The number of anilines is 1. The average Bonchev–Trinajstić information content (AvgIpc) is 2.92. The zero-order valence-corrected chi connectivity index (χ0v) is 16.5. The van der Waals surface area contributed by atoms with Crippen LogP contribution >= 0.6 is 0 Å². The maximum absolute atomic E-state index is 12.9. The van der Waals surface area contributed by atoms with Gasteiger partial charge in [-0.2, -0.15) is 0 Å². The third-order valence-corrected chi connectivity index (χ3v) is 6.06. The van der Waals surface area contributed by atoms with Gasteiger partial charge in [-0.3, -0.25) is 9.52 Å². The van der Waals surface area contributed by atoms with Gasteiger partial charge in [-0.05, 0) is 56.6 Å². The summed E-state index contributed by atoms with van der Waals surface area (Å²) in [5.74, 6) is -0.122. The topological polar surface area (TPSA) is 78.5 Å². The Labute approximate surface area is 160 Å². The van der Waals surface area contributed by atoms with E-state index in [1.54, 1.807) is 23.1 Å². The van der Waals surface area contributed by atoms with E-state index in [1.165, 1.54) is 12.1 Å². The van der Waals surface area contributed by atoms with Gasteiger partial charge in [0.2, 0.25) is 0 Å². The van der Waals surface area contributed by atoms with Gasteiger partial charge in [-0.15, -0.1) is 0 Å². The standard InChI is InChI=1S/C20H25N3O3S/c1-15-4-7-17(8-5-15)22-27(25,26)18-9-6-16(2)19(14-18)20(24)23-12-3-10-21-11-13-23/h4-9,14,21-22H,3,10-13H2,1-2H3. The number of carbonyl (C=O) groups is 1. The molecule has 0 saturated carbocycles. The fourth-order valence-corrected chi connectivity index (χ4v) is 4.14. The minimum atomic E-state index is -3.77. The van der Waals surface area contributed by atoms with Crippen LogP contribution in [0.3, 0.4) is 0 Å². The van der Waals surface area contributed by atoms with Crippen molar-refractivity contribution in [1.29, 1.82) is 0 Å². The number of sulfonamides is 1. The molecule has 7 heteroatoms. The smallest absolute Gasteiger partial charge is 0.261 e. The highest BCUT2D eigenvalue weighted by Crippen LogP contribution is 2.21. The lowest BCUT2D eigenvalue weighted by atomic mass is 10.1. The molecule has 1 amide bonds. The van der Waals surface area contributed by atoms with Gasteiger partial charge in [-0.1, -0.05) is 23.8 Å². The Hall–Kier alpha value is -2.38. The van der Waals surface area contributed by atoms with Gasteiger partial charge < -0.3 is 10.2 Å². The Kier molecular flexibility index (Phi) is 5.82. The molecule has 2 N–H and O–H groups in total. The molecule has 0 aliphatic carbocycles. The van der Waals surface area contributed by atoms with E-state index >= 15 is 0 Å². The molecule has 0 radical (unpaired) electrons. The highest BCUT2D eigenvalue weighted by molar-refractivity contribution is 7.92. The number of amides is 1. The van der Waals surface area contributed by atoms with E-state index in [-0.39, 0.29) is 10.8 Å². The lowest BCUT2D eigenvalue weighted by Crippen LogP contribution is -2.34. The number of benzene rings is 2. The van der Waals surface area contributed by atoms with Gasteiger partial charge in [0.05, 0.1) is 4.90 Å². The number of hydrogen-bond donors (Lipinski definition) is 2. The first-order valence-electron chi connectivity index (χ1n) is 9.07. The molecule has 0 unspecified atom stereocenters. The first-order valence-corrected chi connectivity index (χ1v) is 10.6. The molecule has 0 bridgehead atoms. The van der Waals surface area contributed by atoms with Gasteiger partial charge in [0, 0.05) is 30.9 Å². The Morgan fingerprint density at radius 3 is 2.52 bits per heavy atom. The van der Waals surface area contributed by atoms with Gasteiger partial charge in [0.1, 0.15) is 0 Å². The first kappa shape index (κ1) is 19.4. The van der Waals surface area contributed by atoms with Crippen LogP contribution in [0, 0.1) is 13.8 Å². The Morgan fingerprint density at radius 2 is 1.78 bits per heavy atom. The van der Waals surface area contributed by atoms with Crippen LogP contribution in [0.4, 0.5) is 5.69 Å². The van der Waals surface area contributed by atoms with E-state index in [9.17, 15) is 13.2 Å². The highest BCUT2D eigenvalue weighted by atomic mass is 32.2. The summed E-state index contributed by atoms with van der Waals surface area (Å²) in [4.78, 5) is 14.8. The Balaban J connectivity index is 1.87. The molecular formula is C20H25N3O3S. The van der Waals surface area contributed by atoms with Crippen molar-refractivity contribution in [3.8, 4) is 0 Å². The molecule has 3 rings (SSSR count). The van der Waals surface area contributed by atoms with Crippen molar-refractivity contribution >= 4 is 21.6 Å². The lowest BCUT2D eigenvalue weighted by molar-refractivity contribution is 0.0765. The summed E-state index contributed by atoms with van der Waals surface area (Å²) in [6.45, 7) is 6.69. The molecule has 2 aromatic carbocycles. The summed E-state index contributed by atoms with van der Waals surface area (Å²) in [6, 6.07) is 11.8. The summed E-state index contributed by atoms with van der Waals surface area (Å²) in [7, 11) is -3.77. The number of aryl methyl sites for hydroxylation is 2. The van der Waals surface area contributed by atoms with Crippen molar-refractivity contribution in [3.63, 3.8) is 0 Å². The predicted octanol–water partition coefficient (Wildman–Crippen LogP) is 2.54. The van der Waals surface area contributed by atoms with E-state index < -0.39 is 10.0 Å². The predicted molar refractivity (Wildman–Crippen MR) is 107 cm³/mol. The molecule has 0 spiro atoms. The third kappa shape index (κ3) is 4.67. The summed E-state index contributed by atoms with van der Waals surface area (Å²) in [5.41, 5.74) is 2.75.